The number of rotatable bonds is 16. The standard InChI is InChI=1S/C29H49N9O7S/c1-46-25(31)14-22-2-4-23(5-3-22)16-38(32)17-24(30)15-33-26(39)18-34-6-8-35(19-27(40)41)10-12-37(21-29(44)45)13-11-36(9-7-34)20-28(42)43/h2-5,17,25H,6-16,18-21,30-32H2,1H3,(H,33,39)(H,40,41)(H,42,43)(H,44,45)/b24-17-. The van der Waals surface area contributed by atoms with Gasteiger partial charge in [-0.25, -0.2) is 5.84 Å². The lowest BCUT2D eigenvalue weighted by atomic mass is 10.1. The molecule has 258 valence electrons. The minimum atomic E-state index is -1.02. The molecule has 16 nitrogen and oxygen atoms in total. The van der Waals surface area contributed by atoms with Crippen LogP contribution in [0.2, 0.25) is 0 Å². The highest BCUT2D eigenvalue weighted by Crippen LogP contribution is 2.12. The minimum Gasteiger partial charge on any atom is -0.480 e. The first-order valence-electron chi connectivity index (χ1n) is 15.0. The van der Waals surface area contributed by atoms with E-state index in [4.69, 9.17) is 17.3 Å². The van der Waals surface area contributed by atoms with E-state index in [-0.39, 0.29) is 44.0 Å². The Morgan fingerprint density at radius 1 is 0.804 bits per heavy atom. The molecule has 1 heterocycles. The third-order valence-corrected chi connectivity index (χ3v) is 8.09. The molecule has 0 saturated carbocycles. The van der Waals surface area contributed by atoms with E-state index in [1.54, 1.807) is 32.7 Å². The fraction of sp³-hybridized carbons (Fsp3) is 0.586. The molecule has 0 aliphatic carbocycles. The summed E-state index contributed by atoms with van der Waals surface area (Å²) in [6.45, 7) is 2.22. The molecule has 1 aliphatic rings. The highest BCUT2D eigenvalue weighted by Gasteiger charge is 2.21. The third-order valence-electron chi connectivity index (χ3n) is 7.32. The zero-order valence-electron chi connectivity index (χ0n) is 26.4. The molecule has 0 aromatic heterocycles. The molecule has 2 rings (SSSR count). The van der Waals surface area contributed by atoms with Crippen molar-refractivity contribution in [1.29, 1.82) is 0 Å². The van der Waals surface area contributed by atoms with Gasteiger partial charge in [0.15, 0.2) is 0 Å². The van der Waals surface area contributed by atoms with Crippen molar-refractivity contribution >= 4 is 35.6 Å². The summed E-state index contributed by atoms with van der Waals surface area (Å²) in [5.74, 6) is 2.76. The van der Waals surface area contributed by atoms with Crippen molar-refractivity contribution < 1.29 is 34.5 Å². The lowest BCUT2D eigenvalue weighted by Gasteiger charge is -2.32. The topological polar surface area (TPSA) is 235 Å². The maximum absolute atomic E-state index is 12.9. The second-order valence-corrected chi connectivity index (χ2v) is 12.3. The molecule has 1 saturated heterocycles. The van der Waals surface area contributed by atoms with E-state index >= 15 is 0 Å². The Morgan fingerprint density at radius 3 is 1.59 bits per heavy atom. The van der Waals surface area contributed by atoms with Crippen LogP contribution in [0.4, 0.5) is 0 Å². The van der Waals surface area contributed by atoms with E-state index in [9.17, 15) is 34.5 Å². The van der Waals surface area contributed by atoms with Gasteiger partial charge in [0, 0.05) is 64.3 Å². The second-order valence-electron chi connectivity index (χ2n) is 11.2. The second kappa shape index (κ2) is 20.6. The predicted octanol–water partition coefficient (Wildman–Crippen LogP) is -2.06. The number of nitrogens with two attached hydrogens (primary N) is 3. The van der Waals surface area contributed by atoms with Crippen LogP contribution < -0.4 is 22.6 Å². The van der Waals surface area contributed by atoms with Crippen LogP contribution in [0.15, 0.2) is 36.2 Å². The summed E-state index contributed by atoms with van der Waals surface area (Å²) in [5, 5.41) is 32.3. The smallest absolute Gasteiger partial charge is 0.317 e. The van der Waals surface area contributed by atoms with E-state index in [1.807, 2.05) is 35.4 Å². The van der Waals surface area contributed by atoms with E-state index in [0.717, 1.165) is 17.5 Å². The van der Waals surface area contributed by atoms with Crippen LogP contribution in [0.1, 0.15) is 11.1 Å². The van der Waals surface area contributed by atoms with Gasteiger partial charge in [-0.2, -0.15) is 0 Å². The van der Waals surface area contributed by atoms with Gasteiger partial charge in [-0.15, -0.1) is 11.8 Å². The molecule has 1 aliphatic heterocycles. The number of thioether (sulfide) groups is 1. The predicted molar refractivity (Wildman–Crippen MR) is 175 cm³/mol. The first-order chi connectivity index (χ1) is 21.8. The largest absolute Gasteiger partial charge is 0.480 e. The molecule has 0 spiro atoms. The van der Waals surface area contributed by atoms with E-state index in [1.165, 1.54) is 5.01 Å². The molecule has 1 unspecified atom stereocenters. The van der Waals surface area contributed by atoms with Gasteiger partial charge in [0.1, 0.15) is 0 Å². The number of nitrogens with one attached hydrogen (secondary N) is 1. The van der Waals surface area contributed by atoms with Crippen LogP contribution in [0, 0.1) is 0 Å². The zero-order chi connectivity index (χ0) is 34.1. The highest BCUT2D eigenvalue weighted by atomic mass is 32.2. The quantitative estimate of drug-likeness (QED) is 0.0570. The van der Waals surface area contributed by atoms with Gasteiger partial charge >= 0.3 is 17.9 Å². The lowest BCUT2D eigenvalue weighted by Crippen LogP contribution is -2.50. The Kier molecular flexibility index (Phi) is 17.4. The van der Waals surface area contributed by atoms with Crippen molar-refractivity contribution in [3.8, 4) is 0 Å². The first-order valence-corrected chi connectivity index (χ1v) is 16.3. The summed E-state index contributed by atoms with van der Waals surface area (Å²) in [7, 11) is 0. The Morgan fingerprint density at radius 2 is 1.20 bits per heavy atom. The maximum atomic E-state index is 12.9. The Labute approximate surface area is 274 Å². The fourth-order valence-corrected chi connectivity index (χ4v) is 5.22. The number of benzene rings is 1. The SMILES string of the molecule is CSC(N)Cc1ccc(CN(N)/C=C(\N)CNC(=O)CN2CCN(CC(=O)O)CCN(CC(=O)O)CCN(CC(=O)O)CC2)cc1. The molecule has 17 heteroatoms. The van der Waals surface area contributed by atoms with Crippen LogP contribution >= 0.6 is 11.8 Å². The summed E-state index contributed by atoms with van der Waals surface area (Å²) in [5.41, 5.74) is 14.6. The van der Waals surface area contributed by atoms with E-state index < -0.39 is 17.9 Å². The molecule has 1 amide bonds. The molecule has 1 fully saturated rings. The summed E-state index contributed by atoms with van der Waals surface area (Å²) in [4.78, 5) is 54.1. The van der Waals surface area contributed by atoms with E-state index in [0.29, 0.717) is 64.6 Å². The Bertz CT molecular complexity index is 1130. The number of hydrazine groups is 1. The van der Waals surface area contributed by atoms with E-state index in [2.05, 4.69) is 5.32 Å². The van der Waals surface area contributed by atoms with Crippen molar-refractivity contribution in [1.82, 2.24) is 29.9 Å². The number of hydrogen-bond acceptors (Lipinski definition) is 13. The molecule has 0 radical (unpaired) electrons. The monoisotopic (exact) mass is 667 g/mol. The molecule has 1 atom stereocenters. The molecule has 10 N–H and O–H groups in total. The maximum Gasteiger partial charge on any atom is 0.317 e. The van der Waals surface area contributed by atoms with Crippen molar-refractivity contribution in [3.05, 3.63) is 47.3 Å². The summed E-state index contributed by atoms with van der Waals surface area (Å²) < 4.78 is 0. The number of carboxylic acid groups (broad SMARTS) is 3. The number of carbonyl (C=O) groups excluding carboxylic acids is 1. The van der Waals surface area contributed by atoms with Crippen molar-refractivity contribution in [2.24, 2.45) is 17.3 Å². The van der Waals surface area contributed by atoms with Crippen molar-refractivity contribution in [2.45, 2.75) is 18.3 Å². The van der Waals surface area contributed by atoms with Gasteiger partial charge in [-0.05, 0) is 23.8 Å². The van der Waals surface area contributed by atoms with Gasteiger partial charge in [-0.3, -0.25) is 38.8 Å². The molecular weight excluding hydrogens is 618 g/mol. The zero-order valence-corrected chi connectivity index (χ0v) is 27.2. The molecule has 46 heavy (non-hydrogen) atoms. The number of hydrogen-bond donors (Lipinski definition) is 7. The molecule has 1 aromatic rings. The lowest BCUT2D eigenvalue weighted by molar-refractivity contribution is -0.140. The number of carbonyl (C=O) groups is 4. The fourth-order valence-electron chi connectivity index (χ4n) is 4.86. The van der Waals surface area contributed by atoms with Crippen LogP contribution in [-0.4, -0.2) is 160 Å². The number of aliphatic carboxylic acids is 3. The number of amides is 1. The average molecular weight is 668 g/mol. The van der Waals surface area contributed by atoms with Gasteiger partial charge in [0.25, 0.3) is 0 Å². The molecule has 1 aromatic carbocycles. The number of carboxylic acids is 3. The average Bonchev–Trinajstić information content (AvgIpc) is 2.97. The van der Waals surface area contributed by atoms with Gasteiger partial charge in [-0.1, -0.05) is 24.3 Å². The minimum absolute atomic E-state index is 0.0148. The van der Waals surface area contributed by atoms with Crippen molar-refractivity contribution in [3.63, 3.8) is 0 Å². The normalized spacial score (nSPS) is 17.4. The molecular formula is C29H49N9O7S. The van der Waals surface area contributed by atoms with Crippen molar-refractivity contribution in [2.75, 3.05) is 91.3 Å². The van der Waals surface area contributed by atoms with Crippen LogP contribution in [0.5, 0.6) is 0 Å². The molecule has 0 bridgehead atoms. The van der Waals surface area contributed by atoms with Crippen LogP contribution in [-0.2, 0) is 32.1 Å². The van der Waals surface area contributed by atoms with Crippen LogP contribution in [0.3, 0.4) is 0 Å². The Hall–Kier alpha value is -3.45. The van der Waals surface area contributed by atoms with Gasteiger partial charge < -0.3 is 37.1 Å². The number of nitrogens with zero attached hydrogens (tertiary/aromatic N) is 5. The summed E-state index contributed by atoms with van der Waals surface area (Å²) in [6, 6.07) is 7.99. The van der Waals surface area contributed by atoms with Gasteiger partial charge in [0.2, 0.25) is 5.91 Å². The highest BCUT2D eigenvalue weighted by molar-refractivity contribution is 7.99. The third kappa shape index (κ3) is 16.7. The summed E-state index contributed by atoms with van der Waals surface area (Å²) >= 11 is 1.60. The first kappa shape index (κ1) is 38.7. The van der Waals surface area contributed by atoms with Crippen LogP contribution in [0.25, 0.3) is 0 Å². The van der Waals surface area contributed by atoms with Gasteiger partial charge in [0.05, 0.1) is 44.6 Å². The Balaban J connectivity index is 1.98. The summed E-state index contributed by atoms with van der Waals surface area (Å²) in [6.07, 6.45) is 4.29.